The largest absolute Gasteiger partial charge is 0.462 e. The Kier molecular flexibility index (Phi) is 7.22. The highest BCUT2D eigenvalue weighted by Crippen LogP contribution is 2.22. The molecule has 0 spiro atoms. The van der Waals surface area contributed by atoms with Crippen molar-refractivity contribution in [3.8, 4) is 6.07 Å². The van der Waals surface area contributed by atoms with Gasteiger partial charge in [-0.25, -0.2) is 4.79 Å². The molecule has 0 aliphatic heterocycles. The highest BCUT2D eigenvalue weighted by Gasteiger charge is 2.18. The van der Waals surface area contributed by atoms with Crippen molar-refractivity contribution < 1.29 is 14.3 Å². The Morgan fingerprint density at radius 1 is 1.27 bits per heavy atom. The van der Waals surface area contributed by atoms with Crippen molar-refractivity contribution in [1.82, 2.24) is 4.90 Å². The number of carbonyl (C=O) groups is 2. The Labute approximate surface area is 154 Å². The molecule has 0 heterocycles. The topological polar surface area (TPSA) is 82.4 Å². The van der Waals surface area contributed by atoms with Gasteiger partial charge in [0.15, 0.2) is 0 Å². The van der Waals surface area contributed by atoms with Gasteiger partial charge in [0, 0.05) is 25.0 Å². The molecule has 1 amide bonds. The Balaban J connectivity index is 2.01. The lowest BCUT2D eigenvalue weighted by atomic mass is 9.94. The summed E-state index contributed by atoms with van der Waals surface area (Å²) in [6.45, 7) is 2.05. The Bertz CT molecular complexity index is 698. The van der Waals surface area contributed by atoms with E-state index in [9.17, 15) is 14.9 Å². The zero-order chi connectivity index (χ0) is 18.9. The van der Waals surface area contributed by atoms with Crippen LogP contribution in [0.5, 0.6) is 0 Å². The number of ether oxygens (including phenoxy) is 1. The minimum absolute atomic E-state index is 0.0625. The first kappa shape index (κ1) is 19.5. The number of carbonyl (C=O) groups excluding carboxylic acids is 2. The van der Waals surface area contributed by atoms with Crippen LogP contribution in [-0.2, 0) is 9.53 Å². The van der Waals surface area contributed by atoms with E-state index in [4.69, 9.17) is 4.74 Å². The summed E-state index contributed by atoms with van der Waals surface area (Å²) in [5, 5.41) is 12.0. The molecule has 1 aromatic carbocycles. The van der Waals surface area contributed by atoms with E-state index in [1.807, 2.05) is 18.0 Å². The lowest BCUT2D eigenvalue weighted by molar-refractivity contribution is -0.112. The number of rotatable bonds is 6. The van der Waals surface area contributed by atoms with Gasteiger partial charge in [-0.3, -0.25) is 4.79 Å². The molecule has 1 saturated carbocycles. The molecule has 0 saturated heterocycles. The summed E-state index contributed by atoms with van der Waals surface area (Å²) in [7, 11) is 1.91. The molecule has 1 aromatic rings. The maximum Gasteiger partial charge on any atom is 0.338 e. The fourth-order valence-electron chi connectivity index (χ4n) is 3.04. The molecule has 1 aliphatic rings. The van der Waals surface area contributed by atoms with Gasteiger partial charge < -0.3 is 15.0 Å². The summed E-state index contributed by atoms with van der Waals surface area (Å²) < 4.78 is 4.92. The summed E-state index contributed by atoms with van der Waals surface area (Å²) >= 11 is 0. The average Bonchev–Trinajstić information content (AvgIpc) is 2.67. The van der Waals surface area contributed by atoms with E-state index < -0.39 is 11.9 Å². The quantitative estimate of drug-likeness (QED) is 0.480. The molecule has 6 heteroatoms. The van der Waals surface area contributed by atoms with Crippen LogP contribution in [0.15, 0.2) is 36.0 Å². The molecule has 0 aromatic heterocycles. The zero-order valence-electron chi connectivity index (χ0n) is 15.3. The third kappa shape index (κ3) is 5.35. The van der Waals surface area contributed by atoms with Crippen molar-refractivity contribution in [1.29, 1.82) is 5.26 Å². The van der Waals surface area contributed by atoms with E-state index in [-0.39, 0.29) is 5.57 Å². The van der Waals surface area contributed by atoms with E-state index in [0.717, 1.165) is 12.8 Å². The number of esters is 1. The second-order valence-corrected chi connectivity index (χ2v) is 6.36. The van der Waals surface area contributed by atoms with Gasteiger partial charge in [0.1, 0.15) is 11.6 Å². The van der Waals surface area contributed by atoms with Crippen LogP contribution in [0.1, 0.15) is 49.4 Å². The molecule has 1 aliphatic carbocycles. The number of hydrogen-bond donors (Lipinski definition) is 1. The SMILES string of the molecule is CCOC(=O)c1ccc(NC(=O)/C(C#N)=C\N(C)C2CCCCC2)cc1. The number of benzene rings is 1. The highest BCUT2D eigenvalue weighted by atomic mass is 16.5. The molecule has 6 nitrogen and oxygen atoms in total. The monoisotopic (exact) mass is 355 g/mol. The molecule has 138 valence electrons. The van der Waals surface area contributed by atoms with Crippen LogP contribution in [0.2, 0.25) is 0 Å². The average molecular weight is 355 g/mol. The van der Waals surface area contributed by atoms with E-state index in [1.165, 1.54) is 19.3 Å². The van der Waals surface area contributed by atoms with Crippen LogP contribution in [0, 0.1) is 11.3 Å². The fourth-order valence-corrected chi connectivity index (χ4v) is 3.04. The van der Waals surface area contributed by atoms with Gasteiger partial charge in [0.2, 0.25) is 0 Å². The molecule has 0 bridgehead atoms. The van der Waals surface area contributed by atoms with Crippen LogP contribution in [-0.4, -0.2) is 36.5 Å². The minimum atomic E-state index is -0.459. The van der Waals surface area contributed by atoms with Crippen molar-refractivity contribution in [2.75, 3.05) is 19.0 Å². The summed E-state index contributed by atoms with van der Waals surface area (Å²) in [6, 6.07) is 8.74. The van der Waals surface area contributed by atoms with E-state index in [2.05, 4.69) is 5.32 Å². The normalized spacial score (nSPS) is 15.0. The molecular formula is C20H25N3O3. The third-order valence-corrected chi connectivity index (χ3v) is 4.50. The molecule has 1 fully saturated rings. The Hall–Kier alpha value is -2.81. The predicted octanol–water partition coefficient (Wildman–Crippen LogP) is 3.47. The number of nitrogens with zero attached hydrogens (tertiary/aromatic N) is 2. The van der Waals surface area contributed by atoms with E-state index in [0.29, 0.717) is 23.9 Å². The zero-order valence-corrected chi connectivity index (χ0v) is 15.3. The highest BCUT2D eigenvalue weighted by molar-refractivity contribution is 6.06. The number of amides is 1. The van der Waals surface area contributed by atoms with Crippen LogP contribution in [0.3, 0.4) is 0 Å². The Morgan fingerprint density at radius 3 is 2.50 bits per heavy atom. The second kappa shape index (κ2) is 9.62. The number of hydrogen-bond acceptors (Lipinski definition) is 5. The third-order valence-electron chi connectivity index (χ3n) is 4.50. The van der Waals surface area contributed by atoms with Crippen LogP contribution < -0.4 is 5.32 Å². The van der Waals surface area contributed by atoms with Gasteiger partial charge in [0.05, 0.1) is 12.2 Å². The van der Waals surface area contributed by atoms with Crippen LogP contribution in [0.25, 0.3) is 0 Å². The molecular weight excluding hydrogens is 330 g/mol. The van der Waals surface area contributed by atoms with Crippen molar-refractivity contribution in [3.63, 3.8) is 0 Å². The fraction of sp³-hybridized carbons (Fsp3) is 0.450. The number of anilines is 1. The first-order valence-electron chi connectivity index (χ1n) is 8.97. The van der Waals surface area contributed by atoms with Crippen molar-refractivity contribution in [2.45, 2.75) is 45.1 Å². The van der Waals surface area contributed by atoms with Gasteiger partial charge in [0.25, 0.3) is 5.91 Å². The molecule has 0 atom stereocenters. The molecule has 0 unspecified atom stereocenters. The van der Waals surface area contributed by atoms with Gasteiger partial charge >= 0.3 is 5.97 Å². The first-order valence-corrected chi connectivity index (χ1v) is 8.97. The lowest BCUT2D eigenvalue weighted by Crippen LogP contribution is -2.30. The first-order chi connectivity index (χ1) is 12.5. The van der Waals surface area contributed by atoms with Crippen LogP contribution >= 0.6 is 0 Å². The summed E-state index contributed by atoms with van der Waals surface area (Å²) in [5.74, 6) is -0.865. The second-order valence-electron chi connectivity index (χ2n) is 6.36. The molecule has 0 radical (unpaired) electrons. The maximum absolute atomic E-state index is 12.4. The van der Waals surface area contributed by atoms with Crippen LogP contribution in [0.4, 0.5) is 5.69 Å². The van der Waals surface area contributed by atoms with E-state index >= 15 is 0 Å². The summed E-state index contributed by atoms with van der Waals surface area (Å²) in [4.78, 5) is 26.0. The summed E-state index contributed by atoms with van der Waals surface area (Å²) in [6.07, 6.45) is 7.42. The van der Waals surface area contributed by atoms with Crippen molar-refractivity contribution >= 4 is 17.6 Å². The van der Waals surface area contributed by atoms with E-state index in [1.54, 1.807) is 37.4 Å². The molecule has 26 heavy (non-hydrogen) atoms. The lowest BCUT2D eigenvalue weighted by Gasteiger charge is -2.30. The van der Waals surface area contributed by atoms with Crippen molar-refractivity contribution in [3.05, 3.63) is 41.6 Å². The number of nitriles is 1. The number of nitrogens with one attached hydrogen (secondary N) is 1. The Morgan fingerprint density at radius 2 is 1.92 bits per heavy atom. The predicted molar refractivity (Wildman–Crippen MR) is 99.4 cm³/mol. The van der Waals surface area contributed by atoms with Gasteiger partial charge in [-0.05, 0) is 44.0 Å². The minimum Gasteiger partial charge on any atom is -0.462 e. The standard InChI is InChI=1S/C20H25N3O3/c1-3-26-20(25)15-9-11-17(12-10-15)22-19(24)16(13-21)14-23(2)18-7-5-4-6-8-18/h9-12,14,18H,3-8H2,1-2H3,(H,22,24)/b16-14-. The van der Waals surface area contributed by atoms with Gasteiger partial charge in [-0.15, -0.1) is 0 Å². The summed E-state index contributed by atoms with van der Waals surface area (Å²) in [5.41, 5.74) is 0.995. The maximum atomic E-state index is 12.4. The van der Waals surface area contributed by atoms with Crippen molar-refractivity contribution in [2.24, 2.45) is 0 Å². The molecule has 2 rings (SSSR count). The molecule has 1 N–H and O–H groups in total. The van der Waals surface area contributed by atoms with Gasteiger partial charge in [-0.1, -0.05) is 19.3 Å². The van der Waals surface area contributed by atoms with Gasteiger partial charge in [-0.2, -0.15) is 5.26 Å². The smallest absolute Gasteiger partial charge is 0.338 e.